The number of carbonyl (C=O) groups is 1. The Kier molecular flexibility index (Phi) is 3.69. The molecule has 0 bridgehead atoms. The van der Waals surface area contributed by atoms with E-state index in [0.717, 1.165) is 0 Å². The first-order chi connectivity index (χ1) is 11.1. The third kappa shape index (κ3) is 3.02. The van der Waals surface area contributed by atoms with Gasteiger partial charge >= 0.3 is 12.4 Å². The summed E-state index contributed by atoms with van der Waals surface area (Å²) in [5.41, 5.74) is -1.56. The van der Waals surface area contributed by atoms with Gasteiger partial charge in [-0.2, -0.15) is 26.3 Å². The topological polar surface area (TPSA) is 17.1 Å². The quantitative estimate of drug-likeness (QED) is 0.623. The van der Waals surface area contributed by atoms with Crippen LogP contribution in [0.4, 0.5) is 26.3 Å². The van der Waals surface area contributed by atoms with Gasteiger partial charge in [-0.3, -0.25) is 4.79 Å². The summed E-state index contributed by atoms with van der Waals surface area (Å²) in [5.74, 6) is -0.0726. The van der Waals surface area contributed by atoms with Gasteiger partial charge in [0.05, 0.1) is 11.1 Å². The van der Waals surface area contributed by atoms with E-state index in [9.17, 15) is 31.1 Å². The van der Waals surface area contributed by atoms with Crippen LogP contribution in [0.25, 0.3) is 11.1 Å². The van der Waals surface area contributed by atoms with Crippen molar-refractivity contribution >= 4 is 5.78 Å². The summed E-state index contributed by atoms with van der Waals surface area (Å²) >= 11 is 0. The molecule has 1 nitrogen and oxygen atoms in total. The molecule has 24 heavy (non-hydrogen) atoms. The van der Waals surface area contributed by atoms with Crippen molar-refractivity contribution in [2.45, 2.75) is 25.2 Å². The molecular formula is C17H10F6O. The number of alkyl halides is 6. The predicted octanol–water partition coefficient (Wildman–Crippen LogP) is 5.52. The van der Waals surface area contributed by atoms with Crippen molar-refractivity contribution in [1.82, 2.24) is 0 Å². The van der Waals surface area contributed by atoms with Gasteiger partial charge in [-0.05, 0) is 41.3 Å². The lowest BCUT2D eigenvalue weighted by Gasteiger charge is -2.14. The first-order valence-corrected chi connectivity index (χ1v) is 7.02. The first-order valence-electron chi connectivity index (χ1n) is 7.02. The minimum Gasteiger partial charge on any atom is -0.294 e. The lowest BCUT2D eigenvalue weighted by molar-refractivity contribution is -0.143. The Morgan fingerprint density at radius 1 is 0.708 bits per heavy atom. The second-order valence-corrected chi connectivity index (χ2v) is 5.59. The number of benzene rings is 2. The average Bonchev–Trinajstić information content (AvgIpc) is 2.86. The molecule has 1 aliphatic carbocycles. The second kappa shape index (κ2) is 5.36. The zero-order valence-corrected chi connectivity index (χ0v) is 12.1. The molecule has 0 atom stereocenters. The molecule has 0 aromatic heterocycles. The fourth-order valence-corrected chi connectivity index (χ4v) is 2.76. The maximum absolute atomic E-state index is 12.9. The van der Waals surface area contributed by atoms with Crippen LogP contribution >= 0.6 is 0 Å². The van der Waals surface area contributed by atoms with E-state index in [-0.39, 0.29) is 23.0 Å². The monoisotopic (exact) mass is 344 g/mol. The highest BCUT2D eigenvalue weighted by atomic mass is 19.4. The smallest absolute Gasteiger partial charge is 0.294 e. The number of aryl methyl sites for hydroxylation is 1. The van der Waals surface area contributed by atoms with E-state index < -0.39 is 23.5 Å². The summed E-state index contributed by atoms with van der Waals surface area (Å²) in [5, 5.41) is 0. The van der Waals surface area contributed by atoms with Gasteiger partial charge < -0.3 is 0 Å². The predicted molar refractivity (Wildman–Crippen MR) is 74.5 cm³/mol. The number of ketones is 1. The van der Waals surface area contributed by atoms with Gasteiger partial charge in [-0.25, -0.2) is 0 Å². The Bertz CT molecular complexity index is 785. The van der Waals surface area contributed by atoms with Crippen molar-refractivity contribution in [2.75, 3.05) is 0 Å². The number of halogens is 6. The minimum atomic E-state index is -4.89. The summed E-state index contributed by atoms with van der Waals surface area (Å²) in [6.45, 7) is 0. The molecule has 0 radical (unpaired) electrons. The Balaban J connectivity index is 2.16. The third-order valence-corrected chi connectivity index (χ3v) is 3.95. The van der Waals surface area contributed by atoms with Crippen LogP contribution in [0.5, 0.6) is 0 Å². The van der Waals surface area contributed by atoms with E-state index in [4.69, 9.17) is 0 Å². The summed E-state index contributed by atoms with van der Waals surface area (Å²) in [6.07, 6.45) is -9.03. The minimum absolute atomic E-state index is 0.0726. The number of rotatable bonds is 1. The lowest BCUT2D eigenvalue weighted by atomic mass is 9.96. The van der Waals surface area contributed by atoms with Crippen LogP contribution in [0.15, 0.2) is 36.4 Å². The van der Waals surface area contributed by atoms with Gasteiger partial charge in [0.2, 0.25) is 0 Å². The van der Waals surface area contributed by atoms with Crippen molar-refractivity contribution in [3.8, 4) is 11.1 Å². The molecule has 2 aromatic carbocycles. The van der Waals surface area contributed by atoms with Crippen molar-refractivity contribution < 1.29 is 31.1 Å². The number of carbonyl (C=O) groups excluding carboxylic acids is 1. The molecule has 0 amide bonds. The highest BCUT2D eigenvalue weighted by molar-refractivity contribution is 6.00. The standard InChI is InChI=1S/C17H10F6O/c18-16(19,20)12-6-11(7-13(8-12)17(21,22)23)9-1-3-14-10(5-9)2-4-15(14)24/h1,3,5-8H,2,4H2. The van der Waals surface area contributed by atoms with Gasteiger partial charge in [0.15, 0.2) is 5.78 Å². The molecule has 0 saturated heterocycles. The molecular weight excluding hydrogens is 334 g/mol. The van der Waals surface area contributed by atoms with Crippen LogP contribution in [-0.2, 0) is 18.8 Å². The van der Waals surface area contributed by atoms with Crippen LogP contribution in [0.3, 0.4) is 0 Å². The number of hydrogen-bond donors (Lipinski definition) is 0. The van der Waals surface area contributed by atoms with E-state index in [0.29, 0.717) is 36.1 Å². The Morgan fingerprint density at radius 2 is 1.29 bits per heavy atom. The second-order valence-electron chi connectivity index (χ2n) is 5.59. The van der Waals surface area contributed by atoms with Crippen molar-refractivity contribution in [3.63, 3.8) is 0 Å². The maximum atomic E-state index is 12.9. The molecule has 0 unspecified atom stereocenters. The van der Waals surface area contributed by atoms with Crippen molar-refractivity contribution in [1.29, 1.82) is 0 Å². The van der Waals surface area contributed by atoms with Gasteiger partial charge in [0.1, 0.15) is 0 Å². The van der Waals surface area contributed by atoms with Crippen LogP contribution in [0, 0.1) is 0 Å². The van der Waals surface area contributed by atoms with Crippen LogP contribution < -0.4 is 0 Å². The van der Waals surface area contributed by atoms with Gasteiger partial charge in [-0.1, -0.05) is 18.2 Å². The van der Waals surface area contributed by atoms with Crippen molar-refractivity contribution in [2.24, 2.45) is 0 Å². The molecule has 126 valence electrons. The van der Waals surface area contributed by atoms with E-state index in [1.165, 1.54) is 18.2 Å². The molecule has 0 heterocycles. The first kappa shape index (κ1) is 16.5. The average molecular weight is 344 g/mol. The Morgan fingerprint density at radius 3 is 1.83 bits per heavy atom. The Hall–Kier alpha value is -2.31. The summed E-state index contributed by atoms with van der Waals surface area (Å²) in [4.78, 5) is 11.6. The third-order valence-electron chi connectivity index (χ3n) is 3.95. The number of hydrogen-bond acceptors (Lipinski definition) is 1. The van der Waals surface area contributed by atoms with Gasteiger partial charge in [0.25, 0.3) is 0 Å². The fraction of sp³-hybridized carbons (Fsp3) is 0.235. The molecule has 3 rings (SSSR count). The van der Waals surface area contributed by atoms with E-state index >= 15 is 0 Å². The maximum Gasteiger partial charge on any atom is 0.416 e. The molecule has 0 N–H and O–H groups in total. The zero-order valence-electron chi connectivity index (χ0n) is 12.1. The Labute approximate surface area is 132 Å². The fourth-order valence-electron chi connectivity index (χ4n) is 2.76. The lowest BCUT2D eigenvalue weighted by Crippen LogP contribution is -2.11. The summed E-state index contributed by atoms with van der Waals surface area (Å²) < 4.78 is 77.5. The normalized spacial score (nSPS) is 14.8. The number of Topliss-reactive ketones (excluding diaryl/α,β-unsaturated/α-hetero) is 1. The van der Waals surface area contributed by atoms with E-state index in [1.54, 1.807) is 0 Å². The van der Waals surface area contributed by atoms with Crippen LogP contribution in [0.1, 0.15) is 33.5 Å². The highest BCUT2D eigenvalue weighted by Gasteiger charge is 2.37. The van der Waals surface area contributed by atoms with E-state index in [1.807, 2.05) is 0 Å². The van der Waals surface area contributed by atoms with Crippen LogP contribution in [-0.4, -0.2) is 5.78 Å². The largest absolute Gasteiger partial charge is 0.416 e. The summed E-state index contributed by atoms with van der Waals surface area (Å²) in [6, 6.07) is 5.78. The molecule has 1 aliphatic rings. The van der Waals surface area contributed by atoms with Crippen LogP contribution in [0.2, 0.25) is 0 Å². The molecule has 7 heteroatoms. The highest BCUT2D eigenvalue weighted by Crippen LogP contribution is 2.39. The van der Waals surface area contributed by atoms with Gasteiger partial charge in [-0.15, -0.1) is 0 Å². The molecule has 0 fully saturated rings. The molecule has 0 saturated carbocycles. The van der Waals surface area contributed by atoms with Gasteiger partial charge in [0, 0.05) is 12.0 Å². The number of fused-ring (bicyclic) bond motifs is 1. The zero-order chi connectivity index (χ0) is 17.7. The SMILES string of the molecule is O=C1CCc2cc(-c3cc(C(F)(F)F)cc(C(F)(F)F)c3)ccc21. The summed E-state index contributed by atoms with van der Waals surface area (Å²) in [7, 11) is 0. The molecule has 2 aromatic rings. The van der Waals surface area contributed by atoms with E-state index in [2.05, 4.69) is 0 Å². The van der Waals surface area contributed by atoms with Crippen molar-refractivity contribution in [3.05, 3.63) is 58.7 Å². The molecule has 0 spiro atoms. The molecule has 0 aliphatic heterocycles.